The first-order valence-corrected chi connectivity index (χ1v) is 11.3. The Kier molecular flexibility index (Phi) is 5.71. The number of rotatable bonds is 7. The zero-order valence-corrected chi connectivity index (χ0v) is 18.2. The van der Waals surface area contributed by atoms with E-state index in [4.69, 9.17) is 4.74 Å². The van der Waals surface area contributed by atoms with Crippen molar-refractivity contribution >= 4 is 18.0 Å². The van der Waals surface area contributed by atoms with Crippen molar-refractivity contribution in [3.8, 4) is 11.1 Å². The fraction of sp³-hybridized carbons (Fsp3) is 0.400. The summed E-state index contributed by atoms with van der Waals surface area (Å²) in [5, 5.41) is 11.4. The normalized spacial score (nSPS) is 23.1. The number of carboxylic acids is 1. The highest BCUT2D eigenvalue weighted by atomic mass is 19.3. The largest absolute Gasteiger partial charge is 0.481 e. The lowest BCUT2D eigenvalue weighted by atomic mass is 9.74. The maximum atomic E-state index is 13.6. The van der Waals surface area contributed by atoms with Gasteiger partial charge in [0.15, 0.2) is 0 Å². The van der Waals surface area contributed by atoms with Crippen molar-refractivity contribution in [3.63, 3.8) is 0 Å². The number of hydrogen-bond acceptors (Lipinski definition) is 4. The number of carboxylic acid groups (broad SMARTS) is 1. The lowest BCUT2D eigenvalue weighted by Crippen LogP contribution is -2.48. The number of nitrogens with zero attached hydrogens (tertiary/aromatic N) is 1. The van der Waals surface area contributed by atoms with Gasteiger partial charge in [-0.25, -0.2) is 13.6 Å². The molecule has 0 radical (unpaired) electrons. The number of aliphatic carboxylic acids is 1. The summed E-state index contributed by atoms with van der Waals surface area (Å²) < 4.78 is 32.6. The van der Waals surface area contributed by atoms with E-state index in [2.05, 4.69) is 5.32 Å². The van der Waals surface area contributed by atoms with Gasteiger partial charge in [-0.15, -0.1) is 0 Å². The van der Waals surface area contributed by atoms with Crippen molar-refractivity contribution in [1.82, 2.24) is 10.2 Å². The zero-order valence-electron chi connectivity index (χ0n) is 18.2. The Morgan fingerprint density at radius 3 is 2.24 bits per heavy atom. The molecule has 2 aromatic carbocycles. The van der Waals surface area contributed by atoms with Gasteiger partial charge < -0.3 is 20.1 Å². The fourth-order valence-corrected chi connectivity index (χ4v) is 5.57. The van der Waals surface area contributed by atoms with Crippen LogP contribution >= 0.6 is 0 Å². The van der Waals surface area contributed by atoms with E-state index in [1.807, 2.05) is 48.5 Å². The van der Waals surface area contributed by atoms with Crippen LogP contribution in [0, 0.1) is 11.8 Å². The molecule has 3 fully saturated rings. The average Bonchev–Trinajstić information content (AvgIpc) is 3.48. The van der Waals surface area contributed by atoms with E-state index >= 15 is 0 Å². The summed E-state index contributed by atoms with van der Waals surface area (Å²) in [4.78, 5) is 37.6. The first-order valence-electron chi connectivity index (χ1n) is 11.3. The number of ether oxygens (including phenoxy) is 1. The van der Waals surface area contributed by atoms with Gasteiger partial charge >= 0.3 is 12.1 Å². The molecule has 6 rings (SSSR count). The van der Waals surface area contributed by atoms with Gasteiger partial charge in [-0.05, 0) is 34.6 Å². The van der Waals surface area contributed by atoms with Crippen LogP contribution in [0.2, 0.25) is 0 Å². The molecule has 2 aromatic rings. The van der Waals surface area contributed by atoms with Gasteiger partial charge in [0.1, 0.15) is 12.6 Å². The molecule has 2 heterocycles. The van der Waals surface area contributed by atoms with E-state index in [9.17, 15) is 28.3 Å². The average molecular weight is 470 g/mol. The van der Waals surface area contributed by atoms with Crippen LogP contribution in [0.3, 0.4) is 0 Å². The molecule has 2 N–H and O–H groups in total. The van der Waals surface area contributed by atoms with Crippen molar-refractivity contribution in [1.29, 1.82) is 0 Å². The molecule has 7 nitrogen and oxygen atoms in total. The van der Waals surface area contributed by atoms with Gasteiger partial charge in [0.25, 0.3) is 6.43 Å². The number of alkyl halides is 2. The highest BCUT2D eigenvalue weighted by Gasteiger charge is 2.57. The van der Waals surface area contributed by atoms with Gasteiger partial charge in [0, 0.05) is 18.5 Å². The third-order valence-electron chi connectivity index (χ3n) is 7.25. The molecule has 4 atom stereocenters. The van der Waals surface area contributed by atoms with Crippen LogP contribution in [-0.4, -0.2) is 59.6 Å². The van der Waals surface area contributed by atoms with Crippen LogP contribution in [0.25, 0.3) is 11.1 Å². The number of nitrogens with one attached hydrogen (secondary N) is 1. The molecule has 1 saturated carbocycles. The Hall–Kier alpha value is -3.49. The Morgan fingerprint density at radius 2 is 1.68 bits per heavy atom. The van der Waals surface area contributed by atoms with Crippen LogP contribution in [0.5, 0.6) is 0 Å². The number of benzene rings is 2. The highest BCUT2D eigenvalue weighted by Crippen LogP contribution is 2.47. The molecule has 9 heteroatoms. The molecular weight excluding hydrogens is 446 g/mol. The topological polar surface area (TPSA) is 95.9 Å². The molecule has 2 saturated heterocycles. The van der Waals surface area contributed by atoms with E-state index in [1.54, 1.807) is 0 Å². The molecule has 0 aromatic heterocycles. The molecular formula is C25H24F2N2O5. The number of amides is 2. The maximum Gasteiger partial charge on any atom is 0.407 e. The Bertz CT molecular complexity index is 1090. The molecule has 2 aliphatic carbocycles. The number of hydrogen-bond donors (Lipinski definition) is 2. The molecule has 2 aliphatic heterocycles. The van der Waals surface area contributed by atoms with Crippen molar-refractivity contribution in [2.45, 2.75) is 37.3 Å². The fourth-order valence-electron chi connectivity index (χ4n) is 5.57. The van der Waals surface area contributed by atoms with Crippen molar-refractivity contribution in [2.24, 2.45) is 11.8 Å². The minimum absolute atomic E-state index is 0.0278. The standard InChI is InChI=1S/C25H24F2N2O5/c26-23(27)19(10-21(30)29-11-13-9-20(29)22(13)24(31)32)28-25(33)34-12-18-16-7-3-1-5-14(16)15-6-2-4-8-17(15)18/h1-8,13,18-20,22-23H,9-12H2,(H,28,33)(H,31,32). The van der Waals surface area contributed by atoms with Crippen molar-refractivity contribution in [3.05, 3.63) is 59.7 Å². The summed E-state index contributed by atoms with van der Waals surface area (Å²) in [7, 11) is 0. The summed E-state index contributed by atoms with van der Waals surface area (Å²) >= 11 is 0. The SMILES string of the molecule is O=C(NC(CC(=O)N1CC2CC1C2C(=O)O)C(F)F)OCC1c2ccccc2-c2ccccc21. The lowest BCUT2D eigenvalue weighted by Gasteiger charge is -2.33. The van der Waals surface area contributed by atoms with E-state index < -0.39 is 48.8 Å². The minimum atomic E-state index is -2.97. The number of carbonyl (C=O) groups is 3. The smallest absolute Gasteiger partial charge is 0.407 e. The van der Waals surface area contributed by atoms with Crippen molar-refractivity contribution < 1.29 is 33.0 Å². The zero-order chi connectivity index (χ0) is 24.0. The highest BCUT2D eigenvalue weighted by molar-refractivity contribution is 5.82. The molecule has 2 amide bonds. The molecule has 34 heavy (non-hydrogen) atoms. The van der Waals surface area contributed by atoms with E-state index in [1.165, 1.54) is 4.90 Å². The number of fused-ring (bicyclic) bond motifs is 4. The quantitative estimate of drug-likeness (QED) is 0.646. The Morgan fingerprint density at radius 1 is 1.06 bits per heavy atom. The predicted octanol–water partition coefficient (Wildman–Crippen LogP) is 3.48. The summed E-state index contributed by atoms with van der Waals surface area (Å²) in [6, 6.07) is 13.4. The number of halogens is 2. The lowest BCUT2D eigenvalue weighted by molar-refractivity contribution is -0.148. The van der Waals surface area contributed by atoms with Crippen LogP contribution in [0.15, 0.2) is 48.5 Å². The Labute approximate surface area is 194 Å². The van der Waals surface area contributed by atoms with Crippen LogP contribution in [0.1, 0.15) is 29.9 Å². The van der Waals surface area contributed by atoms with Crippen LogP contribution < -0.4 is 5.32 Å². The second-order valence-corrected chi connectivity index (χ2v) is 9.09. The van der Waals surface area contributed by atoms with Crippen molar-refractivity contribution in [2.75, 3.05) is 13.2 Å². The van der Waals surface area contributed by atoms with Gasteiger partial charge in [-0.1, -0.05) is 48.5 Å². The summed E-state index contributed by atoms with van der Waals surface area (Å²) in [6.07, 6.45) is -4.04. The molecule has 0 spiro atoms. The third kappa shape index (κ3) is 3.78. The second-order valence-electron chi connectivity index (χ2n) is 9.09. The first-order chi connectivity index (χ1) is 16.3. The molecule has 4 aliphatic rings. The van der Waals surface area contributed by atoms with E-state index in [0.717, 1.165) is 22.3 Å². The van der Waals surface area contributed by atoms with Gasteiger partial charge in [-0.3, -0.25) is 9.59 Å². The van der Waals surface area contributed by atoms with E-state index in [-0.39, 0.29) is 25.0 Å². The van der Waals surface area contributed by atoms with Crippen LogP contribution in [-0.2, 0) is 14.3 Å². The van der Waals surface area contributed by atoms with Gasteiger partial charge in [-0.2, -0.15) is 0 Å². The monoisotopic (exact) mass is 470 g/mol. The molecule has 178 valence electrons. The number of alkyl carbamates (subject to hydrolysis) is 1. The molecule has 2 bridgehead atoms. The van der Waals surface area contributed by atoms with Gasteiger partial charge in [0.2, 0.25) is 5.91 Å². The molecule has 4 unspecified atom stereocenters. The maximum absolute atomic E-state index is 13.6. The summed E-state index contributed by atoms with van der Waals surface area (Å²) in [6.45, 7) is 0.224. The third-order valence-corrected chi connectivity index (χ3v) is 7.25. The summed E-state index contributed by atoms with van der Waals surface area (Å²) in [5.74, 6) is -2.54. The second kappa shape index (κ2) is 8.70. The summed E-state index contributed by atoms with van der Waals surface area (Å²) in [5.41, 5.74) is 4.09. The van der Waals surface area contributed by atoms with Crippen LogP contribution in [0.4, 0.5) is 13.6 Å². The number of carbonyl (C=O) groups excluding carboxylic acids is 2. The Balaban J connectivity index is 1.20. The van der Waals surface area contributed by atoms with E-state index in [0.29, 0.717) is 6.42 Å². The first kappa shape index (κ1) is 22.3. The predicted molar refractivity (Wildman–Crippen MR) is 117 cm³/mol. The minimum Gasteiger partial charge on any atom is -0.481 e. The van der Waals surface area contributed by atoms with Gasteiger partial charge in [0.05, 0.1) is 12.3 Å².